The Kier molecular flexibility index (Phi) is 5.25. The molecule has 7 heteroatoms. The number of rotatable bonds is 3. The topological polar surface area (TPSA) is 105 Å². The second kappa shape index (κ2) is 7.43. The Labute approximate surface area is 153 Å². The smallest absolute Gasteiger partial charge is 0.412 e. The van der Waals surface area contributed by atoms with Gasteiger partial charge < -0.3 is 20.9 Å². The van der Waals surface area contributed by atoms with Crippen LogP contribution in [0.4, 0.5) is 21.9 Å². The predicted octanol–water partition coefficient (Wildman–Crippen LogP) is 3.23. The molecule has 7 nitrogen and oxygen atoms in total. The number of hydrogen-bond acceptors (Lipinski definition) is 5. The molecule has 1 aliphatic carbocycles. The van der Waals surface area contributed by atoms with Gasteiger partial charge in [-0.15, -0.1) is 0 Å². The number of nitrogens with two attached hydrogens (primary N) is 1. The average Bonchev–Trinajstić information content (AvgIpc) is 2.63. The molecule has 1 aromatic carbocycles. The minimum Gasteiger partial charge on any atom is -0.469 e. The lowest BCUT2D eigenvalue weighted by Crippen LogP contribution is -2.41. The summed E-state index contributed by atoms with van der Waals surface area (Å²) in [5.74, 6) is -0.135. The molecule has 0 aromatic heterocycles. The number of anilines is 3. The number of carboxylic acid groups (broad SMARTS) is 1. The van der Waals surface area contributed by atoms with Gasteiger partial charge in [0.25, 0.3) is 0 Å². The number of nitrogens with one attached hydrogen (secondary N) is 1. The lowest BCUT2D eigenvalue weighted by atomic mass is 9.86. The van der Waals surface area contributed by atoms with Crippen molar-refractivity contribution in [2.24, 2.45) is 5.92 Å². The summed E-state index contributed by atoms with van der Waals surface area (Å²) in [6.45, 7) is 1.92. The Morgan fingerprint density at radius 2 is 1.92 bits per heavy atom. The van der Waals surface area contributed by atoms with Gasteiger partial charge in [-0.25, -0.2) is 4.79 Å². The minimum atomic E-state index is -0.945. The molecule has 1 saturated carbocycles. The van der Waals surface area contributed by atoms with Gasteiger partial charge in [0.2, 0.25) is 0 Å². The van der Waals surface area contributed by atoms with Crippen LogP contribution in [0, 0.1) is 5.92 Å². The summed E-state index contributed by atoms with van der Waals surface area (Å²) in [5, 5.41) is 13.0. The number of methoxy groups -OCH3 is 1. The molecule has 0 saturated heterocycles. The fourth-order valence-corrected chi connectivity index (χ4v) is 4.14. The van der Waals surface area contributed by atoms with Gasteiger partial charge >= 0.3 is 12.1 Å². The summed E-state index contributed by atoms with van der Waals surface area (Å²) >= 11 is 0. The van der Waals surface area contributed by atoms with Crippen molar-refractivity contribution in [1.82, 2.24) is 0 Å². The number of nitrogens with zero attached hydrogens (tertiary/aromatic N) is 1. The highest BCUT2D eigenvalue weighted by Gasteiger charge is 2.31. The number of hydrogen-bond donors (Lipinski definition) is 3. The molecule has 0 radical (unpaired) electrons. The monoisotopic (exact) mass is 361 g/mol. The van der Waals surface area contributed by atoms with Crippen LogP contribution < -0.4 is 16.0 Å². The summed E-state index contributed by atoms with van der Waals surface area (Å²) < 4.78 is 4.83. The number of carbonyl (C=O) groups is 2. The number of benzene rings is 1. The second-order valence-corrected chi connectivity index (χ2v) is 7.28. The van der Waals surface area contributed by atoms with Gasteiger partial charge in [0.15, 0.2) is 0 Å². The van der Waals surface area contributed by atoms with Gasteiger partial charge in [-0.1, -0.05) is 0 Å². The zero-order chi connectivity index (χ0) is 18.8. The van der Waals surface area contributed by atoms with Crippen LogP contribution in [-0.4, -0.2) is 36.4 Å². The maximum Gasteiger partial charge on any atom is 0.412 e. The van der Waals surface area contributed by atoms with Crippen LogP contribution in [0.15, 0.2) is 12.1 Å². The van der Waals surface area contributed by atoms with E-state index < -0.39 is 6.09 Å². The van der Waals surface area contributed by atoms with Crippen LogP contribution in [0.5, 0.6) is 0 Å². The van der Waals surface area contributed by atoms with E-state index in [1.807, 2.05) is 19.1 Å². The zero-order valence-corrected chi connectivity index (χ0v) is 15.3. The van der Waals surface area contributed by atoms with Gasteiger partial charge in [0, 0.05) is 17.6 Å². The van der Waals surface area contributed by atoms with Gasteiger partial charge in [-0.2, -0.15) is 0 Å². The Bertz CT molecular complexity index is 698. The molecular weight excluding hydrogens is 334 g/mol. The Balaban J connectivity index is 1.73. The number of nitrogen functional groups attached to an aromatic ring is 1. The molecule has 1 fully saturated rings. The van der Waals surface area contributed by atoms with Crippen molar-refractivity contribution >= 4 is 29.1 Å². The lowest BCUT2D eigenvalue weighted by molar-refractivity contribution is -0.146. The normalized spacial score (nSPS) is 25.3. The number of ether oxygens (including phenoxy) is 1. The third-order valence-electron chi connectivity index (χ3n) is 5.67. The van der Waals surface area contributed by atoms with E-state index in [4.69, 9.17) is 10.5 Å². The third kappa shape index (κ3) is 3.43. The highest BCUT2D eigenvalue weighted by atomic mass is 16.5. The number of esters is 1. The first-order valence-corrected chi connectivity index (χ1v) is 9.20. The molecule has 3 rings (SSSR count). The molecule has 1 atom stereocenters. The molecule has 1 amide bonds. The van der Waals surface area contributed by atoms with Crippen molar-refractivity contribution in [2.75, 3.05) is 23.1 Å². The summed E-state index contributed by atoms with van der Waals surface area (Å²) in [4.78, 5) is 24.6. The summed E-state index contributed by atoms with van der Waals surface area (Å²) in [6.07, 6.45) is 3.97. The maximum absolute atomic E-state index is 11.6. The van der Waals surface area contributed by atoms with Crippen LogP contribution in [0.25, 0.3) is 0 Å². The van der Waals surface area contributed by atoms with E-state index >= 15 is 0 Å². The zero-order valence-electron chi connectivity index (χ0n) is 15.3. The molecule has 0 bridgehead atoms. The van der Waals surface area contributed by atoms with Crippen molar-refractivity contribution in [3.8, 4) is 0 Å². The second-order valence-electron chi connectivity index (χ2n) is 7.28. The van der Waals surface area contributed by atoms with E-state index in [-0.39, 0.29) is 24.0 Å². The van der Waals surface area contributed by atoms with E-state index in [9.17, 15) is 14.7 Å². The number of amides is 1. The van der Waals surface area contributed by atoms with Gasteiger partial charge in [0.05, 0.1) is 30.1 Å². The van der Waals surface area contributed by atoms with Crippen molar-refractivity contribution in [3.05, 3.63) is 17.7 Å². The van der Waals surface area contributed by atoms with E-state index in [1.54, 1.807) is 0 Å². The van der Waals surface area contributed by atoms with E-state index in [2.05, 4.69) is 5.32 Å². The quantitative estimate of drug-likeness (QED) is 0.564. The first-order chi connectivity index (χ1) is 12.4. The molecule has 1 aromatic rings. The molecule has 0 spiro atoms. The van der Waals surface area contributed by atoms with E-state index in [0.29, 0.717) is 11.4 Å². The van der Waals surface area contributed by atoms with Gasteiger partial charge in [0.1, 0.15) is 0 Å². The van der Waals surface area contributed by atoms with Crippen molar-refractivity contribution in [3.63, 3.8) is 0 Å². The lowest BCUT2D eigenvalue weighted by Gasteiger charge is -2.35. The SMILES string of the molecule is COC(=O)C1CCC(Nc2ccc3c(c2N)CC[C@H](C)N3C(=O)O)CC1. The van der Waals surface area contributed by atoms with Crippen molar-refractivity contribution in [1.29, 1.82) is 0 Å². The number of carbonyl (C=O) groups excluding carboxylic acids is 1. The van der Waals surface area contributed by atoms with Crippen molar-refractivity contribution in [2.45, 2.75) is 57.5 Å². The first-order valence-electron chi connectivity index (χ1n) is 9.20. The maximum atomic E-state index is 11.6. The largest absolute Gasteiger partial charge is 0.469 e. The highest BCUT2D eigenvalue weighted by molar-refractivity contribution is 5.92. The molecule has 26 heavy (non-hydrogen) atoms. The average molecular weight is 361 g/mol. The molecule has 2 aliphatic rings. The molecule has 1 aliphatic heterocycles. The summed E-state index contributed by atoms with van der Waals surface area (Å²) in [6, 6.07) is 3.92. The minimum absolute atomic E-state index is 0.00968. The van der Waals surface area contributed by atoms with Crippen LogP contribution in [0.3, 0.4) is 0 Å². The van der Waals surface area contributed by atoms with E-state index in [1.165, 1.54) is 12.0 Å². The Hall–Kier alpha value is -2.44. The molecule has 1 heterocycles. The van der Waals surface area contributed by atoms with Gasteiger partial charge in [-0.3, -0.25) is 9.69 Å². The fourth-order valence-electron chi connectivity index (χ4n) is 4.14. The summed E-state index contributed by atoms with van der Waals surface area (Å²) in [5.41, 5.74) is 9.45. The van der Waals surface area contributed by atoms with E-state index in [0.717, 1.165) is 49.8 Å². The Morgan fingerprint density at radius 3 is 2.54 bits per heavy atom. The standard InChI is InChI=1S/C19H27N3O4/c1-11-3-8-14-16(22(11)19(24)25)10-9-15(17(14)20)21-13-6-4-12(5-7-13)18(23)26-2/h9-13,21H,3-8,20H2,1-2H3,(H,24,25)/t11-,12?,13?/m0/s1. The van der Waals surface area contributed by atoms with Crippen molar-refractivity contribution < 1.29 is 19.4 Å². The first kappa shape index (κ1) is 18.4. The summed E-state index contributed by atoms with van der Waals surface area (Å²) in [7, 11) is 1.43. The van der Waals surface area contributed by atoms with Crippen LogP contribution >= 0.6 is 0 Å². The third-order valence-corrected chi connectivity index (χ3v) is 5.67. The molecule has 4 N–H and O–H groups in total. The highest BCUT2D eigenvalue weighted by Crippen LogP contribution is 2.39. The van der Waals surface area contributed by atoms with Crippen LogP contribution in [-0.2, 0) is 16.0 Å². The molecule has 142 valence electrons. The van der Waals surface area contributed by atoms with Crippen LogP contribution in [0.1, 0.15) is 44.6 Å². The Morgan fingerprint density at radius 1 is 1.23 bits per heavy atom. The number of fused-ring (bicyclic) bond motifs is 1. The fraction of sp³-hybridized carbons (Fsp3) is 0.579. The molecule has 0 unspecified atom stereocenters. The molecular formula is C19H27N3O4. The van der Waals surface area contributed by atoms with Gasteiger partial charge in [-0.05, 0) is 57.6 Å². The van der Waals surface area contributed by atoms with Crippen LogP contribution in [0.2, 0.25) is 0 Å². The predicted molar refractivity (Wildman–Crippen MR) is 101 cm³/mol.